The van der Waals surface area contributed by atoms with E-state index in [1.807, 2.05) is 6.92 Å². The van der Waals surface area contributed by atoms with Gasteiger partial charge in [-0.25, -0.2) is 0 Å². The normalized spacial score (nSPS) is 13.2. The van der Waals surface area contributed by atoms with Gasteiger partial charge in [-0.1, -0.05) is 32.9 Å². The fourth-order valence-corrected chi connectivity index (χ4v) is 2.32. The number of aliphatic hydroxyl groups is 1. The van der Waals surface area contributed by atoms with Gasteiger partial charge < -0.3 is 5.11 Å². The molecule has 1 aromatic rings. The van der Waals surface area contributed by atoms with Crippen molar-refractivity contribution in [3.05, 3.63) is 29.3 Å². The highest BCUT2D eigenvalue weighted by Crippen LogP contribution is 2.29. The Hall–Kier alpha value is -0.470. The molecule has 0 fully saturated rings. The van der Waals surface area contributed by atoms with Gasteiger partial charge in [-0.15, -0.1) is 11.8 Å². The lowest BCUT2D eigenvalue weighted by Gasteiger charge is -2.13. The van der Waals surface area contributed by atoms with Crippen molar-refractivity contribution >= 4 is 11.8 Å². The highest BCUT2D eigenvalue weighted by Gasteiger charge is 2.07. The largest absolute Gasteiger partial charge is 0.395 e. The van der Waals surface area contributed by atoms with Crippen LogP contribution in [0.15, 0.2) is 23.1 Å². The maximum Gasteiger partial charge on any atom is 0.0550 e. The highest BCUT2D eigenvalue weighted by molar-refractivity contribution is 8.00. The molecule has 0 saturated carbocycles. The average Bonchev–Trinajstić information content (AvgIpc) is 2.20. The summed E-state index contributed by atoms with van der Waals surface area (Å²) in [6.45, 7) is 8.81. The molecule has 84 valence electrons. The number of benzene rings is 1. The van der Waals surface area contributed by atoms with Crippen LogP contribution in [-0.2, 0) is 0 Å². The molecule has 1 atom stereocenters. The third-order valence-electron chi connectivity index (χ3n) is 2.46. The van der Waals surface area contributed by atoms with Crippen molar-refractivity contribution in [2.45, 2.75) is 43.8 Å². The zero-order chi connectivity index (χ0) is 11.4. The Balaban J connectivity index is 2.90. The quantitative estimate of drug-likeness (QED) is 0.789. The zero-order valence-corrected chi connectivity index (χ0v) is 10.8. The van der Waals surface area contributed by atoms with Gasteiger partial charge in [0.05, 0.1) is 6.61 Å². The van der Waals surface area contributed by atoms with E-state index in [1.165, 1.54) is 16.0 Å². The van der Waals surface area contributed by atoms with E-state index in [4.69, 9.17) is 5.11 Å². The Labute approximate surface area is 96.9 Å². The van der Waals surface area contributed by atoms with Gasteiger partial charge in [0, 0.05) is 10.1 Å². The second kappa shape index (κ2) is 5.57. The molecule has 0 saturated heterocycles. The maximum atomic E-state index is 9.04. The summed E-state index contributed by atoms with van der Waals surface area (Å²) in [6.07, 6.45) is 0. The number of hydrogen-bond donors (Lipinski definition) is 1. The second-order valence-corrected chi connectivity index (χ2v) is 5.77. The molecule has 0 heterocycles. The lowest BCUT2D eigenvalue weighted by atomic mass is 10.0. The van der Waals surface area contributed by atoms with Crippen LogP contribution in [0.5, 0.6) is 0 Å². The third-order valence-corrected chi connectivity index (χ3v) is 3.71. The van der Waals surface area contributed by atoms with Crippen LogP contribution < -0.4 is 0 Å². The molecule has 1 unspecified atom stereocenters. The molecule has 1 aromatic carbocycles. The van der Waals surface area contributed by atoms with Crippen LogP contribution in [0, 0.1) is 6.92 Å². The third kappa shape index (κ3) is 3.54. The first-order valence-electron chi connectivity index (χ1n) is 5.42. The first kappa shape index (κ1) is 12.6. The van der Waals surface area contributed by atoms with Crippen LogP contribution in [0.25, 0.3) is 0 Å². The molecule has 0 aromatic heterocycles. The standard InChI is InChI=1S/C13H20OS/c1-9(2)12-6-5-10(3)13(7-12)15-11(4)8-14/h5-7,9,11,14H,8H2,1-4H3. The first-order chi connectivity index (χ1) is 7.04. The Morgan fingerprint density at radius 1 is 1.27 bits per heavy atom. The molecule has 2 heteroatoms. The maximum absolute atomic E-state index is 9.04. The first-order valence-corrected chi connectivity index (χ1v) is 6.30. The number of thioether (sulfide) groups is 1. The summed E-state index contributed by atoms with van der Waals surface area (Å²) in [5, 5.41) is 9.31. The lowest BCUT2D eigenvalue weighted by molar-refractivity contribution is 0.300. The van der Waals surface area contributed by atoms with E-state index in [-0.39, 0.29) is 11.9 Å². The minimum atomic E-state index is 0.232. The predicted octanol–water partition coefficient (Wildman–Crippen LogP) is 3.59. The highest BCUT2D eigenvalue weighted by atomic mass is 32.2. The van der Waals surface area contributed by atoms with Crippen molar-refractivity contribution in [3.63, 3.8) is 0 Å². The summed E-state index contributed by atoms with van der Waals surface area (Å²) < 4.78 is 0. The van der Waals surface area contributed by atoms with Crippen molar-refractivity contribution in [2.24, 2.45) is 0 Å². The van der Waals surface area contributed by atoms with Crippen molar-refractivity contribution in [3.8, 4) is 0 Å². The summed E-state index contributed by atoms with van der Waals surface area (Å²) >= 11 is 1.75. The Morgan fingerprint density at radius 3 is 2.47 bits per heavy atom. The summed E-state index contributed by atoms with van der Waals surface area (Å²) in [5.74, 6) is 0.564. The molecule has 0 aliphatic heterocycles. The van der Waals surface area contributed by atoms with E-state index >= 15 is 0 Å². The molecule has 0 bridgehead atoms. The van der Waals surface area contributed by atoms with Crippen LogP contribution in [0.2, 0.25) is 0 Å². The molecular formula is C13H20OS. The van der Waals surface area contributed by atoms with Crippen LogP contribution >= 0.6 is 11.8 Å². The number of hydrogen-bond acceptors (Lipinski definition) is 2. The van der Waals surface area contributed by atoms with Gasteiger partial charge in [-0.3, -0.25) is 0 Å². The monoisotopic (exact) mass is 224 g/mol. The molecule has 0 radical (unpaired) electrons. The molecule has 1 N–H and O–H groups in total. The topological polar surface area (TPSA) is 20.2 Å². The Bertz CT molecular complexity index is 320. The summed E-state index contributed by atoms with van der Waals surface area (Å²) in [4.78, 5) is 1.29. The van der Waals surface area contributed by atoms with E-state index < -0.39 is 0 Å². The molecular weight excluding hydrogens is 204 g/mol. The minimum Gasteiger partial charge on any atom is -0.395 e. The van der Waals surface area contributed by atoms with E-state index in [0.717, 1.165) is 0 Å². The SMILES string of the molecule is Cc1ccc(C(C)C)cc1SC(C)CO. The van der Waals surface area contributed by atoms with Gasteiger partial charge in [-0.05, 0) is 30.0 Å². The number of rotatable bonds is 4. The van der Waals surface area contributed by atoms with E-state index in [2.05, 4.69) is 39.0 Å². The van der Waals surface area contributed by atoms with Gasteiger partial charge in [-0.2, -0.15) is 0 Å². The average molecular weight is 224 g/mol. The number of aliphatic hydroxyl groups excluding tert-OH is 1. The van der Waals surface area contributed by atoms with Crippen LogP contribution in [0.1, 0.15) is 37.8 Å². The fraction of sp³-hybridized carbons (Fsp3) is 0.538. The molecule has 1 rings (SSSR count). The van der Waals surface area contributed by atoms with Crippen LogP contribution in [0.3, 0.4) is 0 Å². The molecule has 0 spiro atoms. The predicted molar refractivity (Wildman–Crippen MR) is 67.7 cm³/mol. The van der Waals surface area contributed by atoms with E-state index in [1.54, 1.807) is 11.8 Å². The van der Waals surface area contributed by atoms with Gasteiger partial charge in [0.25, 0.3) is 0 Å². The Kier molecular flexibility index (Phi) is 4.68. The zero-order valence-electron chi connectivity index (χ0n) is 9.95. The molecule has 0 aliphatic carbocycles. The lowest BCUT2D eigenvalue weighted by Crippen LogP contribution is -2.02. The van der Waals surface area contributed by atoms with Crippen molar-refractivity contribution in [1.29, 1.82) is 0 Å². The van der Waals surface area contributed by atoms with Gasteiger partial charge in [0.2, 0.25) is 0 Å². The molecule has 0 amide bonds. The van der Waals surface area contributed by atoms with Crippen LogP contribution in [-0.4, -0.2) is 17.0 Å². The fourth-order valence-electron chi connectivity index (χ4n) is 1.36. The summed E-state index contributed by atoms with van der Waals surface area (Å²) in [6, 6.07) is 6.60. The minimum absolute atomic E-state index is 0.232. The van der Waals surface area contributed by atoms with E-state index in [9.17, 15) is 0 Å². The second-order valence-electron chi connectivity index (χ2n) is 4.29. The van der Waals surface area contributed by atoms with Gasteiger partial charge in [0.15, 0.2) is 0 Å². The number of aryl methyl sites for hydroxylation is 1. The van der Waals surface area contributed by atoms with Crippen molar-refractivity contribution < 1.29 is 5.11 Å². The summed E-state index contributed by atoms with van der Waals surface area (Å²) in [5.41, 5.74) is 2.66. The van der Waals surface area contributed by atoms with Crippen molar-refractivity contribution in [1.82, 2.24) is 0 Å². The smallest absolute Gasteiger partial charge is 0.0550 e. The van der Waals surface area contributed by atoms with Crippen molar-refractivity contribution in [2.75, 3.05) is 6.61 Å². The van der Waals surface area contributed by atoms with Gasteiger partial charge in [0.1, 0.15) is 0 Å². The molecule has 0 aliphatic rings. The van der Waals surface area contributed by atoms with Gasteiger partial charge >= 0.3 is 0 Å². The van der Waals surface area contributed by atoms with E-state index in [0.29, 0.717) is 5.92 Å². The Morgan fingerprint density at radius 2 is 1.93 bits per heavy atom. The van der Waals surface area contributed by atoms with Crippen LogP contribution in [0.4, 0.5) is 0 Å². The molecule has 15 heavy (non-hydrogen) atoms. The molecule has 1 nitrogen and oxygen atoms in total. The summed E-state index contributed by atoms with van der Waals surface area (Å²) in [7, 11) is 0.